The number of rotatable bonds is 6. The van der Waals surface area contributed by atoms with E-state index in [0.29, 0.717) is 23.3 Å². The van der Waals surface area contributed by atoms with Gasteiger partial charge in [-0.15, -0.1) is 0 Å². The van der Waals surface area contributed by atoms with Crippen LogP contribution < -0.4 is 20.1 Å². The van der Waals surface area contributed by atoms with Crippen molar-refractivity contribution in [2.45, 2.75) is 26.3 Å². The zero-order valence-corrected chi connectivity index (χ0v) is 16.8. The van der Waals surface area contributed by atoms with Gasteiger partial charge in [0.25, 0.3) is 0 Å². The highest BCUT2D eigenvalue weighted by molar-refractivity contribution is 5.67. The largest absolute Gasteiger partial charge is 0.493 e. The lowest BCUT2D eigenvalue weighted by molar-refractivity contribution is 0.355. The maximum Gasteiger partial charge on any atom is 0.225 e. The molecule has 7 heteroatoms. The van der Waals surface area contributed by atoms with Gasteiger partial charge < -0.3 is 20.1 Å². The molecule has 2 N–H and O–H groups in total. The minimum absolute atomic E-state index is 0.177. The second-order valence-electron chi connectivity index (χ2n) is 7.25. The predicted octanol–water partition coefficient (Wildman–Crippen LogP) is 4.51. The van der Waals surface area contributed by atoms with E-state index in [-0.39, 0.29) is 5.54 Å². The Kier molecular flexibility index (Phi) is 5.63. The van der Waals surface area contributed by atoms with Crippen molar-refractivity contribution in [2.75, 3.05) is 24.9 Å². The molecule has 0 bridgehead atoms. The summed E-state index contributed by atoms with van der Waals surface area (Å²) >= 11 is 0. The van der Waals surface area contributed by atoms with Gasteiger partial charge in [0.15, 0.2) is 11.5 Å². The second-order valence-corrected chi connectivity index (χ2v) is 7.25. The molecule has 0 aliphatic rings. The van der Waals surface area contributed by atoms with Gasteiger partial charge in [-0.2, -0.15) is 4.98 Å². The Labute approximate surface area is 165 Å². The minimum atomic E-state index is -0.177. The number of methoxy groups -OCH3 is 2. The molecule has 0 saturated carbocycles. The number of pyridine rings is 1. The van der Waals surface area contributed by atoms with E-state index in [2.05, 4.69) is 46.4 Å². The Morgan fingerprint density at radius 3 is 2.29 bits per heavy atom. The normalized spacial score (nSPS) is 11.0. The van der Waals surface area contributed by atoms with E-state index in [1.54, 1.807) is 20.4 Å². The van der Waals surface area contributed by atoms with E-state index in [1.165, 1.54) is 0 Å². The van der Waals surface area contributed by atoms with Crippen LogP contribution in [-0.2, 0) is 0 Å². The predicted molar refractivity (Wildman–Crippen MR) is 111 cm³/mol. The monoisotopic (exact) mass is 379 g/mol. The fourth-order valence-electron chi connectivity index (χ4n) is 2.61. The fourth-order valence-corrected chi connectivity index (χ4v) is 2.61. The van der Waals surface area contributed by atoms with Crippen LogP contribution in [0.1, 0.15) is 20.8 Å². The second kappa shape index (κ2) is 8.12. The smallest absolute Gasteiger partial charge is 0.225 e. The Morgan fingerprint density at radius 1 is 0.857 bits per heavy atom. The molecule has 3 rings (SSSR count). The molecule has 146 valence electrons. The lowest BCUT2D eigenvalue weighted by atomic mass is 10.1. The third-order valence-corrected chi connectivity index (χ3v) is 3.80. The van der Waals surface area contributed by atoms with Crippen molar-refractivity contribution in [3.05, 3.63) is 48.7 Å². The van der Waals surface area contributed by atoms with Crippen molar-refractivity contribution in [2.24, 2.45) is 0 Å². The average molecular weight is 379 g/mol. The van der Waals surface area contributed by atoms with Crippen LogP contribution in [0.4, 0.5) is 17.5 Å². The van der Waals surface area contributed by atoms with Crippen molar-refractivity contribution < 1.29 is 9.47 Å². The van der Waals surface area contributed by atoms with Crippen molar-refractivity contribution >= 4 is 17.5 Å². The third kappa shape index (κ3) is 4.88. The van der Waals surface area contributed by atoms with Crippen molar-refractivity contribution in [3.8, 4) is 22.9 Å². The molecule has 7 nitrogen and oxygen atoms in total. The van der Waals surface area contributed by atoms with Gasteiger partial charge in [-0.25, -0.2) is 4.98 Å². The Hall–Kier alpha value is -3.35. The van der Waals surface area contributed by atoms with Gasteiger partial charge in [0.1, 0.15) is 5.82 Å². The summed E-state index contributed by atoms with van der Waals surface area (Å²) in [6, 6.07) is 13.2. The molecular weight excluding hydrogens is 354 g/mol. The summed E-state index contributed by atoms with van der Waals surface area (Å²) in [5.41, 5.74) is 2.15. The van der Waals surface area contributed by atoms with Crippen molar-refractivity contribution in [3.63, 3.8) is 0 Å². The number of anilines is 3. The van der Waals surface area contributed by atoms with Crippen LogP contribution in [0.3, 0.4) is 0 Å². The molecule has 3 aromatic rings. The quantitative estimate of drug-likeness (QED) is 0.652. The Bertz CT molecular complexity index is 939. The van der Waals surface area contributed by atoms with E-state index < -0.39 is 0 Å². The zero-order chi connectivity index (χ0) is 20.1. The molecule has 0 aliphatic carbocycles. The van der Waals surface area contributed by atoms with Crippen LogP contribution in [-0.4, -0.2) is 34.7 Å². The standard InChI is InChI=1S/C21H25N5O2/c1-21(2,3)26-20-24-16(15-8-6-7-11-22-15)13-19(25-20)23-14-9-10-17(27-4)18(12-14)28-5/h6-13H,1-5H3,(H2,23,24,25,26). The summed E-state index contributed by atoms with van der Waals surface area (Å²) in [4.78, 5) is 13.6. The highest BCUT2D eigenvalue weighted by Crippen LogP contribution is 2.31. The van der Waals surface area contributed by atoms with Gasteiger partial charge in [0.2, 0.25) is 5.95 Å². The molecule has 0 amide bonds. The van der Waals surface area contributed by atoms with Gasteiger partial charge in [-0.05, 0) is 45.0 Å². The molecule has 1 aromatic carbocycles. The van der Waals surface area contributed by atoms with E-state index >= 15 is 0 Å². The Balaban J connectivity index is 1.98. The first-order chi connectivity index (χ1) is 13.4. The summed E-state index contributed by atoms with van der Waals surface area (Å²) in [5.74, 6) is 2.48. The Morgan fingerprint density at radius 2 is 1.64 bits per heavy atom. The molecule has 2 heterocycles. The third-order valence-electron chi connectivity index (χ3n) is 3.80. The SMILES string of the molecule is COc1ccc(Nc2cc(-c3ccccn3)nc(NC(C)(C)C)n2)cc1OC. The number of ether oxygens (including phenoxy) is 2. The van der Waals surface area contributed by atoms with Gasteiger partial charge in [0, 0.05) is 29.6 Å². The lowest BCUT2D eigenvalue weighted by Gasteiger charge is -2.21. The van der Waals surface area contributed by atoms with Crippen LogP contribution in [0.2, 0.25) is 0 Å². The molecule has 0 saturated heterocycles. The van der Waals surface area contributed by atoms with Crippen molar-refractivity contribution in [1.29, 1.82) is 0 Å². The number of nitrogens with zero attached hydrogens (tertiary/aromatic N) is 3. The van der Waals surface area contributed by atoms with Crippen LogP contribution in [0.5, 0.6) is 11.5 Å². The number of benzene rings is 1. The van der Waals surface area contributed by atoms with Gasteiger partial charge in [-0.1, -0.05) is 6.07 Å². The van der Waals surface area contributed by atoms with Gasteiger partial charge in [-0.3, -0.25) is 4.98 Å². The van der Waals surface area contributed by atoms with E-state index in [1.807, 2.05) is 42.5 Å². The molecule has 2 aromatic heterocycles. The fraction of sp³-hybridized carbons (Fsp3) is 0.286. The molecule has 0 atom stereocenters. The molecule has 28 heavy (non-hydrogen) atoms. The van der Waals surface area contributed by atoms with Crippen LogP contribution >= 0.6 is 0 Å². The number of nitrogens with one attached hydrogen (secondary N) is 2. The van der Waals surface area contributed by atoms with E-state index in [4.69, 9.17) is 9.47 Å². The van der Waals surface area contributed by atoms with Crippen molar-refractivity contribution in [1.82, 2.24) is 15.0 Å². The zero-order valence-electron chi connectivity index (χ0n) is 16.8. The first-order valence-corrected chi connectivity index (χ1v) is 8.96. The summed E-state index contributed by atoms with van der Waals surface area (Å²) in [6.07, 6.45) is 1.75. The molecule has 0 fully saturated rings. The van der Waals surface area contributed by atoms with Crippen LogP contribution in [0.15, 0.2) is 48.7 Å². The van der Waals surface area contributed by atoms with E-state index in [9.17, 15) is 0 Å². The minimum Gasteiger partial charge on any atom is -0.493 e. The molecule has 0 unspecified atom stereocenters. The lowest BCUT2D eigenvalue weighted by Crippen LogP contribution is -2.27. The highest BCUT2D eigenvalue weighted by atomic mass is 16.5. The highest BCUT2D eigenvalue weighted by Gasteiger charge is 2.15. The average Bonchev–Trinajstić information content (AvgIpc) is 2.67. The summed E-state index contributed by atoms with van der Waals surface area (Å²) in [5, 5.41) is 6.64. The number of hydrogen-bond acceptors (Lipinski definition) is 7. The number of hydrogen-bond donors (Lipinski definition) is 2. The first kappa shape index (κ1) is 19.4. The maximum atomic E-state index is 5.38. The summed E-state index contributed by atoms with van der Waals surface area (Å²) in [7, 11) is 3.22. The first-order valence-electron chi connectivity index (χ1n) is 8.96. The number of aromatic nitrogens is 3. The molecule has 0 aliphatic heterocycles. The summed E-state index contributed by atoms with van der Waals surface area (Å²) in [6.45, 7) is 6.18. The van der Waals surface area contributed by atoms with E-state index in [0.717, 1.165) is 17.1 Å². The molecule has 0 spiro atoms. The molecular formula is C21H25N5O2. The maximum absolute atomic E-state index is 5.38. The summed E-state index contributed by atoms with van der Waals surface area (Å²) < 4.78 is 10.7. The van der Waals surface area contributed by atoms with Crippen LogP contribution in [0.25, 0.3) is 11.4 Å². The molecule has 0 radical (unpaired) electrons. The van der Waals surface area contributed by atoms with Crippen LogP contribution in [0, 0.1) is 0 Å². The van der Waals surface area contributed by atoms with Gasteiger partial charge >= 0.3 is 0 Å². The van der Waals surface area contributed by atoms with Gasteiger partial charge in [0.05, 0.1) is 25.6 Å². The topological polar surface area (TPSA) is 81.2 Å².